The molecule has 1 unspecified atom stereocenters. The first-order chi connectivity index (χ1) is 6.52. The number of hydrogen-bond donors (Lipinski definition) is 3. The molecule has 1 aromatic rings. The Balaban J connectivity index is 2.31. The van der Waals surface area contributed by atoms with Gasteiger partial charge in [0.2, 0.25) is 0 Å². The van der Waals surface area contributed by atoms with Gasteiger partial charge in [-0.25, -0.2) is 4.98 Å². The van der Waals surface area contributed by atoms with Gasteiger partial charge in [-0.3, -0.25) is 4.79 Å². The number of rotatable bonds is 5. The fourth-order valence-electron chi connectivity index (χ4n) is 0.796. The van der Waals surface area contributed by atoms with Crippen LogP contribution in [-0.4, -0.2) is 32.3 Å². The molecule has 0 amide bonds. The van der Waals surface area contributed by atoms with E-state index in [1.54, 1.807) is 12.4 Å². The van der Waals surface area contributed by atoms with Gasteiger partial charge in [0.1, 0.15) is 5.54 Å². The van der Waals surface area contributed by atoms with Gasteiger partial charge in [-0.1, -0.05) is 11.8 Å². The van der Waals surface area contributed by atoms with E-state index < -0.39 is 11.5 Å². The molecule has 0 spiro atoms. The molecule has 0 aliphatic heterocycles. The zero-order valence-electron chi connectivity index (χ0n) is 7.86. The number of hydrogen-bond acceptors (Lipinski definition) is 4. The van der Waals surface area contributed by atoms with E-state index in [1.165, 1.54) is 18.7 Å². The maximum Gasteiger partial charge on any atom is 0.323 e. The topological polar surface area (TPSA) is 92.0 Å². The van der Waals surface area contributed by atoms with Crippen LogP contribution in [0.5, 0.6) is 0 Å². The Bertz CT molecular complexity index is 298. The molecular weight excluding hydrogens is 202 g/mol. The zero-order chi connectivity index (χ0) is 10.6. The molecule has 0 bridgehead atoms. The second kappa shape index (κ2) is 4.47. The van der Waals surface area contributed by atoms with Crippen molar-refractivity contribution in [1.29, 1.82) is 0 Å². The molecule has 0 fully saturated rings. The van der Waals surface area contributed by atoms with Crippen LogP contribution in [0.25, 0.3) is 0 Å². The molecule has 0 aliphatic carbocycles. The van der Waals surface area contributed by atoms with Crippen molar-refractivity contribution in [2.45, 2.75) is 24.0 Å². The number of aromatic amines is 1. The van der Waals surface area contributed by atoms with Crippen molar-refractivity contribution in [3.8, 4) is 0 Å². The van der Waals surface area contributed by atoms with Gasteiger partial charge in [0.25, 0.3) is 0 Å². The van der Waals surface area contributed by atoms with Crippen molar-refractivity contribution in [3.05, 3.63) is 12.4 Å². The molecule has 1 aromatic heterocycles. The molecule has 0 aliphatic rings. The summed E-state index contributed by atoms with van der Waals surface area (Å²) in [5.41, 5.74) is 4.40. The molecule has 4 N–H and O–H groups in total. The van der Waals surface area contributed by atoms with Gasteiger partial charge in [0.05, 0.1) is 0 Å². The Hall–Kier alpha value is -1.01. The Morgan fingerprint density at radius 1 is 1.86 bits per heavy atom. The van der Waals surface area contributed by atoms with Gasteiger partial charge >= 0.3 is 5.97 Å². The molecule has 1 heterocycles. The number of nitrogens with two attached hydrogens (primary N) is 1. The fourth-order valence-corrected chi connectivity index (χ4v) is 1.80. The van der Waals surface area contributed by atoms with E-state index >= 15 is 0 Å². The third-order valence-electron chi connectivity index (χ3n) is 1.82. The molecule has 14 heavy (non-hydrogen) atoms. The lowest BCUT2D eigenvalue weighted by molar-refractivity contribution is -0.142. The van der Waals surface area contributed by atoms with Crippen LogP contribution in [0, 0.1) is 0 Å². The average Bonchev–Trinajstić information content (AvgIpc) is 2.56. The Morgan fingerprint density at radius 3 is 3.07 bits per heavy atom. The molecule has 0 radical (unpaired) electrons. The van der Waals surface area contributed by atoms with E-state index in [0.717, 1.165) is 5.16 Å². The first-order valence-corrected chi connectivity index (χ1v) is 5.15. The summed E-state index contributed by atoms with van der Waals surface area (Å²) in [7, 11) is 0. The minimum absolute atomic E-state index is 0.410. The summed E-state index contributed by atoms with van der Waals surface area (Å²) in [6, 6.07) is 0. The summed E-state index contributed by atoms with van der Waals surface area (Å²) < 4.78 is 0. The van der Waals surface area contributed by atoms with Gasteiger partial charge in [0.15, 0.2) is 5.16 Å². The molecular formula is C8H13N3O2S. The molecule has 78 valence electrons. The van der Waals surface area contributed by atoms with Crippen LogP contribution >= 0.6 is 11.8 Å². The number of aromatic nitrogens is 2. The average molecular weight is 215 g/mol. The van der Waals surface area contributed by atoms with Crippen LogP contribution in [0.2, 0.25) is 0 Å². The van der Waals surface area contributed by atoms with Crippen molar-refractivity contribution < 1.29 is 9.90 Å². The number of nitrogens with zero attached hydrogens (tertiary/aromatic N) is 1. The Morgan fingerprint density at radius 2 is 2.57 bits per heavy atom. The normalized spacial score (nSPS) is 15.0. The van der Waals surface area contributed by atoms with Gasteiger partial charge in [0, 0.05) is 18.1 Å². The van der Waals surface area contributed by atoms with Crippen molar-refractivity contribution in [1.82, 2.24) is 9.97 Å². The highest BCUT2D eigenvalue weighted by Crippen LogP contribution is 2.17. The lowest BCUT2D eigenvalue weighted by Gasteiger charge is -2.17. The molecule has 5 nitrogen and oxygen atoms in total. The van der Waals surface area contributed by atoms with Crippen molar-refractivity contribution in [2.75, 3.05) is 5.75 Å². The number of imidazole rings is 1. The predicted molar refractivity (Wildman–Crippen MR) is 54.2 cm³/mol. The third-order valence-corrected chi connectivity index (χ3v) is 2.73. The van der Waals surface area contributed by atoms with Crippen molar-refractivity contribution >= 4 is 17.7 Å². The van der Waals surface area contributed by atoms with E-state index in [4.69, 9.17) is 10.8 Å². The fraction of sp³-hybridized carbons (Fsp3) is 0.500. The number of nitrogens with one attached hydrogen (secondary N) is 1. The Kier molecular flexibility index (Phi) is 3.54. The van der Waals surface area contributed by atoms with E-state index in [0.29, 0.717) is 12.2 Å². The van der Waals surface area contributed by atoms with Crippen molar-refractivity contribution in [3.63, 3.8) is 0 Å². The summed E-state index contributed by atoms with van der Waals surface area (Å²) >= 11 is 1.46. The minimum atomic E-state index is -1.15. The van der Waals surface area contributed by atoms with E-state index in [-0.39, 0.29) is 0 Å². The molecule has 1 atom stereocenters. The first-order valence-electron chi connectivity index (χ1n) is 4.17. The van der Waals surface area contributed by atoms with Gasteiger partial charge < -0.3 is 15.8 Å². The Labute approximate surface area is 86.1 Å². The van der Waals surface area contributed by atoms with Gasteiger partial charge in [-0.15, -0.1) is 0 Å². The number of thioether (sulfide) groups is 1. The number of H-pyrrole nitrogens is 1. The molecule has 1 rings (SSSR count). The zero-order valence-corrected chi connectivity index (χ0v) is 8.67. The molecule has 6 heteroatoms. The highest BCUT2D eigenvalue weighted by atomic mass is 32.2. The first kappa shape index (κ1) is 11.1. The summed E-state index contributed by atoms with van der Waals surface area (Å²) in [4.78, 5) is 17.6. The maximum absolute atomic E-state index is 10.7. The highest BCUT2D eigenvalue weighted by Gasteiger charge is 2.27. The smallest absolute Gasteiger partial charge is 0.323 e. The van der Waals surface area contributed by atoms with Crippen LogP contribution in [0.15, 0.2) is 17.6 Å². The minimum Gasteiger partial charge on any atom is -0.480 e. The second-order valence-electron chi connectivity index (χ2n) is 3.22. The summed E-state index contributed by atoms with van der Waals surface area (Å²) in [6.45, 7) is 1.51. The molecule has 0 saturated heterocycles. The summed E-state index contributed by atoms with van der Waals surface area (Å²) in [6.07, 6.45) is 3.79. The monoisotopic (exact) mass is 215 g/mol. The van der Waals surface area contributed by atoms with Crippen LogP contribution < -0.4 is 5.73 Å². The van der Waals surface area contributed by atoms with Crippen molar-refractivity contribution in [2.24, 2.45) is 5.73 Å². The lowest BCUT2D eigenvalue weighted by atomic mass is 10.0. The molecule has 0 aromatic carbocycles. The second-order valence-corrected chi connectivity index (χ2v) is 4.30. The largest absolute Gasteiger partial charge is 0.480 e. The quantitative estimate of drug-likeness (QED) is 0.629. The standard InChI is InChI=1S/C8H13N3O2S/c1-8(9,6(12)13)2-5-14-7-10-3-4-11-7/h3-4H,2,5,9H2,1H3,(H,10,11)(H,12,13). The predicted octanol–water partition coefficient (Wildman–Crippen LogP) is 0.694. The lowest BCUT2D eigenvalue weighted by Crippen LogP contribution is -2.45. The molecule has 0 saturated carbocycles. The van der Waals surface area contributed by atoms with E-state index in [1.807, 2.05) is 0 Å². The van der Waals surface area contributed by atoms with Crippen LogP contribution in [0.1, 0.15) is 13.3 Å². The van der Waals surface area contributed by atoms with Gasteiger partial charge in [-0.2, -0.15) is 0 Å². The highest BCUT2D eigenvalue weighted by molar-refractivity contribution is 7.99. The number of carbonyl (C=O) groups is 1. The number of aliphatic carboxylic acids is 1. The van der Waals surface area contributed by atoms with E-state index in [2.05, 4.69) is 9.97 Å². The van der Waals surface area contributed by atoms with Gasteiger partial charge in [-0.05, 0) is 13.3 Å². The van der Waals surface area contributed by atoms with E-state index in [9.17, 15) is 4.79 Å². The summed E-state index contributed by atoms with van der Waals surface area (Å²) in [5.74, 6) is -0.343. The van der Waals surface area contributed by atoms with Crippen LogP contribution in [0.4, 0.5) is 0 Å². The summed E-state index contributed by atoms with van der Waals surface area (Å²) in [5, 5.41) is 9.52. The SMILES string of the molecule is CC(N)(CCSc1ncc[nH]1)C(=O)O. The number of carboxylic acids is 1. The van der Waals surface area contributed by atoms with Crippen LogP contribution in [-0.2, 0) is 4.79 Å². The van der Waals surface area contributed by atoms with Crippen LogP contribution in [0.3, 0.4) is 0 Å². The third kappa shape index (κ3) is 3.04. The number of carboxylic acid groups (broad SMARTS) is 1. The maximum atomic E-state index is 10.7.